The number of rotatable bonds is 3. The van der Waals surface area contributed by atoms with Gasteiger partial charge in [-0.2, -0.15) is 0 Å². The van der Waals surface area contributed by atoms with Crippen LogP contribution in [0.2, 0.25) is 0 Å². The lowest BCUT2D eigenvalue weighted by Gasteiger charge is -2.04. The van der Waals surface area contributed by atoms with Crippen LogP contribution in [0, 0.1) is 13.8 Å². The Kier molecular flexibility index (Phi) is 36.2. The summed E-state index contributed by atoms with van der Waals surface area (Å²) in [5.74, 6) is 0. The van der Waals surface area contributed by atoms with E-state index in [-0.39, 0.29) is 7.43 Å². The lowest BCUT2D eigenvalue weighted by atomic mass is 10.0. The van der Waals surface area contributed by atoms with Crippen LogP contribution in [0.25, 0.3) is 11.1 Å². The first-order chi connectivity index (χ1) is 18.6. The third-order valence-corrected chi connectivity index (χ3v) is 4.94. The van der Waals surface area contributed by atoms with Gasteiger partial charge < -0.3 is 0 Å². The molecule has 39 heavy (non-hydrogen) atoms. The van der Waals surface area contributed by atoms with Gasteiger partial charge in [0.1, 0.15) is 0 Å². The Hall–Kier alpha value is -3.12. The van der Waals surface area contributed by atoms with Gasteiger partial charge in [-0.3, -0.25) is 0 Å². The molecule has 0 aromatic heterocycles. The van der Waals surface area contributed by atoms with Gasteiger partial charge in [-0.15, -0.1) is 0 Å². The van der Waals surface area contributed by atoms with Crippen LogP contribution in [0.4, 0.5) is 0 Å². The van der Waals surface area contributed by atoms with Gasteiger partial charge in [0.05, 0.1) is 0 Å². The van der Waals surface area contributed by atoms with Crippen LogP contribution in [0.15, 0.2) is 109 Å². The summed E-state index contributed by atoms with van der Waals surface area (Å²) in [6, 6.07) is 38.2. The monoisotopic (exact) mass is 530 g/mol. The highest BCUT2D eigenvalue weighted by Gasteiger charge is 1.97. The Morgan fingerprint density at radius 3 is 0.744 bits per heavy atom. The first-order valence-electron chi connectivity index (χ1n) is 14.8. The van der Waals surface area contributed by atoms with E-state index in [9.17, 15) is 0 Å². The minimum Gasteiger partial charge on any atom is -0.0776 e. The van der Waals surface area contributed by atoms with Crippen molar-refractivity contribution >= 4 is 0 Å². The van der Waals surface area contributed by atoms with E-state index in [1.165, 1.54) is 33.4 Å². The third-order valence-electron chi connectivity index (χ3n) is 4.94. The molecule has 0 unspecified atom stereocenters. The van der Waals surface area contributed by atoms with E-state index in [0.717, 1.165) is 12.8 Å². The Balaban J connectivity index is -0.000000225. The van der Waals surface area contributed by atoms with Gasteiger partial charge in [-0.25, -0.2) is 0 Å². The number of benzene rings is 4. The van der Waals surface area contributed by atoms with E-state index in [1.807, 2.05) is 91.8 Å². The number of aryl methyl sites for hydroxylation is 4. The molecule has 0 radical (unpaired) electrons. The molecule has 0 nitrogen and oxygen atoms in total. The topological polar surface area (TPSA) is 0 Å². The standard InChI is InChI=1S/C16H18.2C7H8.4C2H6.CH4/c1-3-13-5-9-15(10-6-13)16-11-7-14(4-2)8-12-16;2*1-7-5-3-2-4-6-7;4*1-2;/h5-12H,3-4H2,1-2H3;2*2-6H,1H3;4*1-2H3;1H4. The lowest BCUT2D eigenvalue weighted by molar-refractivity contribution is 1.14. The summed E-state index contributed by atoms with van der Waals surface area (Å²) in [6.07, 6.45) is 2.21. The maximum absolute atomic E-state index is 2.21. The molecule has 0 N–H and O–H groups in total. The molecule has 0 amide bonds. The second kappa shape index (κ2) is 32.9. The molecule has 0 aliphatic heterocycles. The maximum atomic E-state index is 2.21. The molecule has 0 saturated heterocycles. The summed E-state index contributed by atoms with van der Waals surface area (Å²) < 4.78 is 0. The highest BCUT2D eigenvalue weighted by atomic mass is 14.0. The van der Waals surface area contributed by atoms with E-state index in [0.29, 0.717) is 0 Å². The van der Waals surface area contributed by atoms with Gasteiger partial charge in [0.15, 0.2) is 0 Å². The maximum Gasteiger partial charge on any atom is -0.0184 e. The van der Waals surface area contributed by atoms with Gasteiger partial charge >= 0.3 is 0 Å². The minimum atomic E-state index is 0. The van der Waals surface area contributed by atoms with Crippen LogP contribution in [0.3, 0.4) is 0 Å². The van der Waals surface area contributed by atoms with Crippen molar-refractivity contribution in [1.82, 2.24) is 0 Å². The Morgan fingerprint density at radius 1 is 0.359 bits per heavy atom. The van der Waals surface area contributed by atoms with E-state index in [2.05, 4.69) is 100 Å². The fraction of sp³-hybridized carbons (Fsp3) is 0.385. The van der Waals surface area contributed by atoms with Crippen molar-refractivity contribution in [3.8, 4) is 11.1 Å². The van der Waals surface area contributed by atoms with Crippen molar-refractivity contribution < 1.29 is 0 Å². The van der Waals surface area contributed by atoms with Gasteiger partial charge in [-0.05, 0) is 48.9 Å². The number of hydrogen-bond donors (Lipinski definition) is 0. The van der Waals surface area contributed by atoms with E-state index in [4.69, 9.17) is 0 Å². The molecule has 0 aliphatic carbocycles. The molecule has 4 aromatic carbocycles. The zero-order chi connectivity index (χ0) is 29.6. The molecular weight excluding hydrogens is 468 g/mol. The summed E-state index contributed by atoms with van der Waals surface area (Å²) in [5.41, 5.74) is 8.05. The molecule has 0 bridgehead atoms. The average molecular weight is 531 g/mol. The highest BCUT2D eigenvalue weighted by molar-refractivity contribution is 5.63. The molecule has 0 spiro atoms. The first kappa shape index (κ1) is 43.0. The fourth-order valence-corrected chi connectivity index (χ4v) is 2.93. The van der Waals surface area contributed by atoms with Crippen LogP contribution < -0.4 is 0 Å². The number of hydrogen-bond acceptors (Lipinski definition) is 0. The Morgan fingerprint density at radius 2 is 0.590 bits per heavy atom. The van der Waals surface area contributed by atoms with Gasteiger partial charge in [0.25, 0.3) is 0 Å². The summed E-state index contributed by atoms with van der Waals surface area (Å²) in [7, 11) is 0. The normalized spacial score (nSPS) is 8.00. The average Bonchev–Trinajstić information content (AvgIpc) is 3.03. The summed E-state index contributed by atoms with van der Waals surface area (Å²) in [4.78, 5) is 0. The van der Waals surface area contributed by atoms with Crippen molar-refractivity contribution in [2.45, 2.75) is 103 Å². The third kappa shape index (κ3) is 22.6. The van der Waals surface area contributed by atoms with E-state index < -0.39 is 0 Å². The van der Waals surface area contributed by atoms with E-state index in [1.54, 1.807) is 0 Å². The van der Waals surface area contributed by atoms with Crippen molar-refractivity contribution in [2.24, 2.45) is 0 Å². The molecular formula is C39H62. The van der Waals surface area contributed by atoms with Gasteiger partial charge in [0, 0.05) is 0 Å². The molecule has 0 fully saturated rings. The van der Waals surface area contributed by atoms with Crippen molar-refractivity contribution in [1.29, 1.82) is 0 Å². The van der Waals surface area contributed by atoms with Crippen LogP contribution in [0.5, 0.6) is 0 Å². The van der Waals surface area contributed by atoms with Crippen LogP contribution in [0.1, 0.15) is 98.9 Å². The molecule has 218 valence electrons. The highest BCUT2D eigenvalue weighted by Crippen LogP contribution is 2.20. The molecule has 0 atom stereocenters. The molecule has 0 aliphatic rings. The molecule has 0 saturated carbocycles. The van der Waals surface area contributed by atoms with E-state index >= 15 is 0 Å². The summed E-state index contributed by atoms with van der Waals surface area (Å²) in [6.45, 7) is 24.5. The molecule has 0 heteroatoms. The molecule has 4 aromatic rings. The zero-order valence-electron chi connectivity index (χ0n) is 26.8. The van der Waals surface area contributed by atoms with Crippen LogP contribution in [-0.2, 0) is 12.8 Å². The van der Waals surface area contributed by atoms with Crippen molar-refractivity contribution in [3.05, 3.63) is 131 Å². The predicted molar refractivity (Wildman–Crippen MR) is 185 cm³/mol. The largest absolute Gasteiger partial charge is 0.0776 e. The van der Waals surface area contributed by atoms with Crippen LogP contribution >= 0.6 is 0 Å². The second-order valence-electron chi connectivity index (χ2n) is 7.41. The SMILES string of the molecule is C.CC.CC.CC.CC.CCc1ccc(-c2ccc(CC)cc2)cc1.Cc1ccccc1.Cc1ccccc1. The molecule has 4 rings (SSSR count). The van der Waals surface area contributed by atoms with Crippen LogP contribution in [-0.4, -0.2) is 0 Å². The van der Waals surface area contributed by atoms with Gasteiger partial charge in [-0.1, -0.05) is 197 Å². The van der Waals surface area contributed by atoms with Crippen molar-refractivity contribution in [2.75, 3.05) is 0 Å². The Bertz CT molecular complexity index is 851. The Labute approximate surface area is 245 Å². The summed E-state index contributed by atoms with van der Waals surface area (Å²) >= 11 is 0. The smallest absolute Gasteiger partial charge is 0.0184 e. The quantitative estimate of drug-likeness (QED) is 0.247. The lowest BCUT2D eigenvalue weighted by Crippen LogP contribution is -1.83. The second-order valence-corrected chi connectivity index (χ2v) is 7.41. The predicted octanol–water partition coefficient (Wildman–Crippen LogP) is 13.2. The summed E-state index contributed by atoms with van der Waals surface area (Å²) in [5, 5.41) is 0. The zero-order valence-corrected chi connectivity index (χ0v) is 26.8. The first-order valence-corrected chi connectivity index (χ1v) is 14.8. The van der Waals surface area contributed by atoms with Gasteiger partial charge in [0.2, 0.25) is 0 Å². The minimum absolute atomic E-state index is 0. The fourth-order valence-electron chi connectivity index (χ4n) is 2.93. The molecule has 0 heterocycles. The van der Waals surface area contributed by atoms with Crippen molar-refractivity contribution in [3.63, 3.8) is 0 Å².